The normalized spacial score (nSPS) is 12.0. The number of urea groups is 1. The van der Waals surface area contributed by atoms with E-state index in [1.54, 1.807) is 23.9 Å². The molecule has 25 heavy (non-hydrogen) atoms. The first-order valence-corrected chi connectivity index (χ1v) is 7.72. The number of nitro benzene ring substituents is 1. The van der Waals surface area contributed by atoms with Crippen LogP contribution >= 0.6 is 0 Å². The van der Waals surface area contributed by atoms with Gasteiger partial charge in [-0.3, -0.25) is 14.8 Å². The third-order valence-electron chi connectivity index (χ3n) is 3.87. The number of likely N-dealkylation sites (N-methyl/N-ethyl adjacent to an activating group) is 1. The molecule has 2 amide bonds. The zero-order chi connectivity index (χ0) is 18.6. The third-order valence-corrected chi connectivity index (χ3v) is 3.87. The first kappa shape index (κ1) is 18.4. The SMILES string of the molecule is Cc1ccc([N+](=O)[O-])cc1NC(=O)NCC(c1cnn(C)c1)N(C)C. The molecular formula is C16H22N6O3. The van der Waals surface area contributed by atoms with Crippen LogP contribution in [-0.4, -0.2) is 46.3 Å². The number of carbonyl (C=O) groups excluding carboxylic acids is 1. The number of carbonyl (C=O) groups is 1. The summed E-state index contributed by atoms with van der Waals surface area (Å²) in [5, 5.41) is 20.5. The standard InChI is InChI=1S/C16H22N6O3/c1-11-5-6-13(22(24)25)7-14(11)19-16(23)17-9-15(20(2)3)12-8-18-21(4)10-12/h5-8,10,15H,9H2,1-4H3,(H2,17,19,23). The Labute approximate surface area is 145 Å². The molecule has 2 aromatic rings. The van der Waals surface area contributed by atoms with Gasteiger partial charge in [0.05, 0.1) is 22.8 Å². The number of nitro groups is 1. The molecular weight excluding hydrogens is 324 g/mol. The smallest absolute Gasteiger partial charge is 0.319 e. The van der Waals surface area contributed by atoms with Gasteiger partial charge in [-0.1, -0.05) is 6.07 Å². The highest BCUT2D eigenvalue weighted by Gasteiger charge is 2.17. The van der Waals surface area contributed by atoms with Gasteiger partial charge in [-0.25, -0.2) is 4.79 Å². The van der Waals surface area contributed by atoms with E-state index >= 15 is 0 Å². The molecule has 0 radical (unpaired) electrons. The van der Waals surface area contributed by atoms with Crippen LogP contribution in [-0.2, 0) is 7.05 Å². The van der Waals surface area contributed by atoms with Crippen molar-refractivity contribution in [2.45, 2.75) is 13.0 Å². The van der Waals surface area contributed by atoms with Crippen LogP contribution in [0.5, 0.6) is 0 Å². The Balaban J connectivity index is 2.02. The summed E-state index contributed by atoms with van der Waals surface area (Å²) >= 11 is 0. The van der Waals surface area contributed by atoms with Gasteiger partial charge in [-0.05, 0) is 26.6 Å². The fraction of sp³-hybridized carbons (Fsp3) is 0.375. The zero-order valence-electron chi connectivity index (χ0n) is 14.7. The summed E-state index contributed by atoms with van der Waals surface area (Å²) in [6, 6.07) is 3.90. The van der Waals surface area contributed by atoms with Crippen LogP contribution in [0, 0.1) is 17.0 Å². The van der Waals surface area contributed by atoms with E-state index in [1.165, 1.54) is 12.1 Å². The van der Waals surface area contributed by atoms with Crippen molar-refractivity contribution in [1.82, 2.24) is 20.0 Å². The van der Waals surface area contributed by atoms with E-state index in [2.05, 4.69) is 15.7 Å². The molecule has 0 spiro atoms. The van der Waals surface area contributed by atoms with Crippen molar-refractivity contribution in [3.63, 3.8) is 0 Å². The van der Waals surface area contributed by atoms with Crippen molar-refractivity contribution in [3.8, 4) is 0 Å². The highest BCUT2D eigenvalue weighted by Crippen LogP contribution is 2.22. The number of nitrogens with one attached hydrogen (secondary N) is 2. The van der Waals surface area contributed by atoms with Crippen molar-refractivity contribution in [1.29, 1.82) is 0 Å². The molecule has 0 fully saturated rings. The predicted molar refractivity (Wildman–Crippen MR) is 94.5 cm³/mol. The second kappa shape index (κ2) is 7.75. The Bertz CT molecular complexity index is 771. The molecule has 9 heteroatoms. The van der Waals surface area contributed by atoms with Crippen molar-refractivity contribution in [2.75, 3.05) is 26.0 Å². The molecule has 0 saturated carbocycles. The van der Waals surface area contributed by atoms with Gasteiger partial charge >= 0.3 is 6.03 Å². The van der Waals surface area contributed by atoms with Gasteiger partial charge < -0.3 is 15.5 Å². The fourth-order valence-electron chi connectivity index (χ4n) is 2.42. The van der Waals surface area contributed by atoms with E-state index < -0.39 is 11.0 Å². The average molecular weight is 346 g/mol. The highest BCUT2D eigenvalue weighted by atomic mass is 16.6. The zero-order valence-corrected chi connectivity index (χ0v) is 14.7. The number of hydrogen-bond donors (Lipinski definition) is 2. The van der Waals surface area contributed by atoms with Crippen molar-refractivity contribution in [3.05, 3.63) is 51.8 Å². The summed E-state index contributed by atoms with van der Waals surface area (Å²) < 4.78 is 1.71. The van der Waals surface area contributed by atoms with E-state index in [0.29, 0.717) is 12.2 Å². The summed E-state index contributed by atoms with van der Waals surface area (Å²) in [6.45, 7) is 2.15. The number of rotatable bonds is 6. The minimum atomic E-state index is -0.493. The van der Waals surface area contributed by atoms with Crippen LogP contribution in [0.1, 0.15) is 17.2 Å². The van der Waals surface area contributed by atoms with Crippen molar-refractivity contribution in [2.24, 2.45) is 7.05 Å². The summed E-state index contributed by atoms with van der Waals surface area (Å²) in [5.41, 5.74) is 2.08. The maximum atomic E-state index is 12.2. The van der Waals surface area contributed by atoms with E-state index in [-0.39, 0.29) is 11.7 Å². The van der Waals surface area contributed by atoms with Gasteiger partial charge in [0.15, 0.2) is 0 Å². The predicted octanol–water partition coefficient (Wildman–Crippen LogP) is 2.06. The Hall–Kier alpha value is -2.94. The molecule has 0 aliphatic heterocycles. The van der Waals surface area contributed by atoms with E-state index in [4.69, 9.17) is 0 Å². The Morgan fingerprint density at radius 2 is 2.16 bits per heavy atom. The number of benzene rings is 1. The van der Waals surface area contributed by atoms with E-state index in [9.17, 15) is 14.9 Å². The van der Waals surface area contributed by atoms with E-state index in [0.717, 1.165) is 11.1 Å². The van der Waals surface area contributed by atoms with E-state index in [1.807, 2.05) is 32.2 Å². The monoisotopic (exact) mass is 346 g/mol. The quantitative estimate of drug-likeness (QED) is 0.615. The molecule has 0 bridgehead atoms. The largest absolute Gasteiger partial charge is 0.336 e. The summed E-state index contributed by atoms with van der Waals surface area (Å²) in [6.07, 6.45) is 3.66. The second-order valence-corrected chi connectivity index (χ2v) is 6.02. The molecule has 9 nitrogen and oxygen atoms in total. The lowest BCUT2D eigenvalue weighted by molar-refractivity contribution is -0.384. The van der Waals surface area contributed by atoms with Gasteiger partial charge in [0.1, 0.15) is 0 Å². The molecule has 1 heterocycles. The second-order valence-electron chi connectivity index (χ2n) is 6.02. The minimum absolute atomic E-state index is 0.0364. The van der Waals surface area contributed by atoms with Gasteiger partial charge in [0.25, 0.3) is 5.69 Å². The van der Waals surface area contributed by atoms with Crippen molar-refractivity contribution >= 4 is 17.4 Å². The number of anilines is 1. The summed E-state index contributed by atoms with van der Waals surface area (Å²) in [4.78, 5) is 24.5. The molecule has 1 atom stereocenters. The van der Waals surface area contributed by atoms with Crippen LogP contribution in [0.15, 0.2) is 30.6 Å². The maximum Gasteiger partial charge on any atom is 0.319 e. The molecule has 0 saturated heterocycles. The number of aryl methyl sites for hydroxylation is 2. The lowest BCUT2D eigenvalue weighted by atomic mass is 10.1. The first-order chi connectivity index (χ1) is 11.8. The lowest BCUT2D eigenvalue weighted by Crippen LogP contribution is -2.36. The molecule has 0 aliphatic carbocycles. The molecule has 2 N–H and O–H groups in total. The highest BCUT2D eigenvalue weighted by molar-refractivity contribution is 5.90. The molecule has 1 aromatic heterocycles. The summed E-state index contributed by atoms with van der Waals surface area (Å²) in [5.74, 6) is 0. The van der Waals surface area contributed by atoms with Crippen molar-refractivity contribution < 1.29 is 9.72 Å². The van der Waals surface area contributed by atoms with Crippen LogP contribution < -0.4 is 10.6 Å². The number of nitrogens with zero attached hydrogens (tertiary/aromatic N) is 4. The Morgan fingerprint density at radius 1 is 1.44 bits per heavy atom. The minimum Gasteiger partial charge on any atom is -0.336 e. The number of aromatic nitrogens is 2. The molecule has 134 valence electrons. The van der Waals surface area contributed by atoms with Crippen LogP contribution in [0.4, 0.5) is 16.2 Å². The average Bonchev–Trinajstić information content (AvgIpc) is 2.95. The Morgan fingerprint density at radius 3 is 2.72 bits per heavy atom. The maximum absolute atomic E-state index is 12.2. The van der Waals surface area contributed by atoms with Crippen LogP contribution in [0.2, 0.25) is 0 Å². The van der Waals surface area contributed by atoms with Gasteiger partial charge in [0, 0.05) is 37.5 Å². The van der Waals surface area contributed by atoms with Gasteiger partial charge in [-0.2, -0.15) is 5.10 Å². The number of hydrogen-bond acceptors (Lipinski definition) is 5. The fourth-order valence-corrected chi connectivity index (χ4v) is 2.42. The molecule has 2 rings (SSSR count). The third kappa shape index (κ3) is 4.77. The number of amides is 2. The van der Waals surface area contributed by atoms with Crippen LogP contribution in [0.25, 0.3) is 0 Å². The summed E-state index contributed by atoms with van der Waals surface area (Å²) in [7, 11) is 5.67. The number of non-ortho nitro benzene ring substituents is 1. The molecule has 1 unspecified atom stereocenters. The first-order valence-electron chi connectivity index (χ1n) is 7.72. The van der Waals surface area contributed by atoms with Gasteiger partial charge in [0.2, 0.25) is 0 Å². The topological polar surface area (TPSA) is 105 Å². The Kier molecular flexibility index (Phi) is 5.71. The van der Waals surface area contributed by atoms with Crippen LogP contribution in [0.3, 0.4) is 0 Å². The molecule has 1 aromatic carbocycles. The molecule has 0 aliphatic rings. The lowest BCUT2D eigenvalue weighted by Gasteiger charge is -2.23. The van der Waals surface area contributed by atoms with Gasteiger partial charge in [-0.15, -0.1) is 0 Å².